The third kappa shape index (κ3) is 4.19. The molecular formula is C15H22N4O2. The van der Waals surface area contributed by atoms with E-state index in [4.69, 9.17) is 5.11 Å². The van der Waals surface area contributed by atoms with Crippen molar-refractivity contribution in [2.24, 2.45) is 0 Å². The van der Waals surface area contributed by atoms with Crippen LogP contribution in [0.5, 0.6) is 0 Å². The molecule has 0 spiro atoms. The minimum atomic E-state index is -0.214. The van der Waals surface area contributed by atoms with Gasteiger partial charge in [0.25, 0.3) is 0 Å². The highest BCUT2D eigenvalue weighted by Gasteiger charge is 2.08. The van der Waals surface area contributed by atoms with Crippen molar-refractivity contribution in [3.8, 4) is 0 Å². The Kier molecular flexibility index (Phi) is 5.16. The summed E-state index contributed by atoms with van der Waals surface area (Å²) in [6.07, 6.45) is 3.38. The van der Waals surface area contributed by atoms with Crippen LogP contribution in [0.25, 0.3) is 5.65 Å². The molecule has 2 heterocycles. The van der Waals surface area contributed by atoms with Gasteiger partial charge in [-0.05, 0) is 38.8 Å². The number of carbonyl (C=O) groups excluding carboxylic acids is 1. The van der Waals surface area contributed by atoms with Crippen LogP contribution in [0, 0.1) is 6.92 Å². The lowest BCUT2D eigenvalue weighted by atomic mass is 10.2. The number of aryl methyl sites for hydroxylation is 1. The van der Waals surface area contributed by atoms with Crippen molar-refractivity contribution in [3.63, 3.8) is 0 Å². The molecular weight excluding hydrogens is 268 g/mol. The monoisotopic (exact) mass is 290 g/mol. The van der Waals surface area contributed by atoms with E-state index in [0.29, 0.717) is 13.0 Å². The highest BCUT2D eigenvalue weighted by atomic mass is 16.3. The molecule has 0 aliphatic rings. The highest BCUT2D eigenvalue weighted by molar-refractivity contribution is 5.74. The first-order chi connectivity index (χ1) is 10.1. The molecule has 1 unspecified atom stereocenters. The molecule has 114 valence electrons. The van der Waals surface area contributed by atoms with Crippen LogP contribution in [-0.4, -0.2) is 33.2 Å². The van der Waals surface area contributed by atoms with Gasteiger partial charge in [0.1, 0.15) is 5.65 Å². The van der Waals surface area contributed by atoms with E-state index in [-0.39, 0.29) is 18.7 Å². The van der Waals surface area contributed by atoms with Gasteiger partial charge >= 0.3 is 6.03 Å². The number of pyridine rings is 1. The standard InChI is InChI=1S/C15H22N4O2/c1-11(5-4-8-20)17-15(21)16-9-13-10-19-12(2)6-3-7-14(19)18-13/h3,6-7,10-11,20H,4-5,8-9H2,1-2H3,(H2,16,17,21). The van der Waals surface area contributed by atoms with E-state index in [1.54, 1.807) is 0 Å². The molecule has 6 heteroatoms. The molecule has 0 saturated heterocycles. The topological polar surface area (TPSA) is 78.7 Å². The van der Waals surface area contributed by atoms with Crippen LogP contribution in [0.2, 0.25) is 0 Å². The predicted molar refractivity (Wildman–Crippen MR) is 81.1 cm³/mol. The number of aromatic nitrogens is 2. The Morgan fingerprint density at radius 1 is 1.48 bits per heavy atom. The molecule has 2 amide bonds. The van der Waals surface area contributed by atoms with Crippen molar-refractivity contribution in [2.45, 2.75) is 39.3 Å². The molecule has 21 heavy (non-hydrogen) atoms. The van der Waals surface area contributed by atoms with Crippen molar-refractivity contribution in [1.29, 1.82) is 0 Å². The normalized spacial score (nSPS) is 12.3. The number of imidazole rings is 1. The van der Waals surface area contributed by atoms with E-state index in [1.807, 2.05) is 42.6 Å². The van der Waals surface area contributed by atoms with Gasteiger partial charge < -0.3 is 20.1 Å². The fourth-order valence-electron chi connectivity index (χ4n) is 2.20. The average Bonchev–Trinajstić information content (AvgIpc) is 2.87. The summed E-state index contributed by atoms with van der Waals surface area (Å²) in [6.45, 7) is 4.47. The Morgan fingerprint density at radius 2 is 2.29 bits per heavy atom. The van der Waals surface area contributed by atoms with Gasteiger partial charge in [0, 0.05) is 24.5 Å². The maximum Gasteiger partial charge on any atom is 0.315 e. The number of aliphatic hydroxyl groups excluding tert-OH is 1. The molecule has 0 aliphatic heterocycles. The second kappa shape index (κ2) is 7.08. The number of nitrogens with one attached hydrogen (secondary N) is 2. The van der Waals surface area contributed by atoms with Crippen molar-refractivity contribution in [1.82, 2.24) is 20.0 Å². The number of hydrogen-bond donors (Lipinski definition) is 3. The number of aliphatic hydroxyl groups is 1. The Balaban J connectivity index is 1.86. The summed E-state index contributed by atoms with van der Waals surface area (Å²) in [6, 6.07) is 5.74. The lowest BCUT2D eigenvalue weighted by Crippen LogP contribution is -2.40. The van der Waals surface area contributed by atoms with Crippen LogP contribution in [0.15, 0.2) is 24.4 Å². The minimum Gasteiger partial charge on any atom is -0.396 e. The SMILES string of the molecule is Cc1cccc2nc(CNC(=O)NC(C)CCCO)cn12. The summed E-state index contributed by atoms with van der Waals surface area (Å²) in [7, 11) is 0. The number of nitrogens with zero attached hydrogens (tertiary/aromatic N) is 2. The lowest BCUT2D eigenvalue weighted by molar-refractivity contribution is 0.234. The second-order valence-electron chi connectivity index (χ2n) is 5.22. The Hall–Kier alpha value is -2.08. The molecule has 0 bridgehead atoms. The van der Waals surface area contributed by atoms with Crippen LogP contribution in [0.1, 0.15) is 31.2 Å². The summed E-state index contributed by atoms with van der Waals surface area (Å²) in [4.78, 5) is 16.2. The van der Waals surface area contributed by atoms with E-state index in [0.717, 1.165) is 23.5 Å². The van der Waals surface area contributed by atoms with Gasteiger partial charge in [0.15, 0.2) is 0 Å². The zero-order valence-corrected chi connectivity index (χ0v) is 12.5. The van der Waals surface area contributed by atoms with Crippen molar-refractivity contribution in [2.75, 3.05) is 6.61 Å². The van der Waals surface area contributed by atoms with Crippen LogP contribution in [0.4, 0.5) is 4.79 Å². The summed E-state index contributed by atoms with van der Waals surface area (Å²) in [5.41, 5.74) is 2.80. The Morgan fingerprint density at radius 3 is 3.00 bits per heavy atom. The van der Waals surface area contributed by atoms with Crippen molar-refractivity contribution in [3.05, 3.63) is 35.8 Å². The van der Waals surface area contributed by atoms with Crippen LogP contribution in [-0.2, 0) is 6.54 Å². The van der Waals surface area contributed by atoms with Gasteiger partial charge in [0.2, 0.25) is 0 Å². The maximum atomic E-state index is 11.8. The minimum absolute atomic E-state index is 0.0421. The molecule has 0 fully saturated rings. The van der Waals surface area contributed by atoms with Crippen LogP contribution < -0.4 is 10.6 Å². The molecule has 2 aromatic heterocycles. The fourth-order valence-corrected chi connectivity index (χ4v) is 2.20. The summed E-state index contributed by atoms with van der Waals surface area (Å²) >= 11 is 0. The van der Waals surface area contributed by atoms with Gasteiger partial charge in [-0.3, -0.25) is 0 Å². The first kappa shape index (κ1) is 15.3. The van der Waals surface area contributed by atoms with E-state index in [2.05, 4.69) is 15.6 Å². The molecule has 0 saturated carbocycles. The third-order valence-corrected chi connectivity index (χ3v) is 3.35. The first-order valence-electron chi connectivity index (χ1n) is 7.19. The van der Waals surface area contributed by atoms with E-state index < -0.39 is 0 Å². The van der Waals surface area contributed by atoms with Gasteiger partial charge in [-0.1, -0.05) is 6.07 Å². The van der Waals surface area contributed by atoms with Gasteiger partial charge in [-0.2, -0.15) is 0 Å². The molecule has 0 aliphatic carbocycles. The van der Waals surface area contributed by atoms with E-state index >= 15 is 0 Å². The molecule has 6 nitrogen and oxygen atoms in total. The molecule has 2 aromatic rings. The molecule has 1 atom stereocenters. The van der Waals surface area contributed by atoms with E-state index in [9.17, 15) is 4.79 Å². The zero-order valence-electron chi connectivity index (χ0n) is 12.5. The molecule has 0 aromatic carbocycles. The molecule has 0 radical (unpaired) electrons. The Bertz CT molecular complexity index is 609. The number of urea groups is 1. The number of amides is 2. The first-order valence-corrected chi connectivity index (χ1v) is 7.19. The van der Waals surface area contributed by atoms with Gasteiger partial charge in [0.05, 0.1) is 12.2 Å². The molecule has 2 rings (SSSR count). The largest absolute Gasteiger partial charge is 0.396 e. The second-order valence-corrected chi connectivity index (χ2v) is 5.22. The van der Waals surface area contributed by atoms with Gasteiger partial charge in [-0.25, -0.2) is 9.78 Å². The number of fused-ring (bicyclic) bond motifs is 1. The van der Waals surface area contributed by atoms with Crippen molar-refractivity contribution < 1.29 is 9.90 Å². The van der Waals surface area contributed by atoms with Crippen LogP contribution >= 0.6 is 0 Å². The van der Waals surface area contributed by atoms with Crippen LogP contribution in [0.3, 0.4) is 0 Å². The number of hydrogen-bond acceptors (Lipinski definition) is 3. The summed E-state index contributed by atoms with van der Waals surface area (Å²) in [5.74, 6) is 0. The smallest absolute Gasteiger partial charge is 0.315 e. The number of rotatable bonds is 6. The third-order valence-electron chi connectivity index (χ3n) is 3.35. The van der Waals surface area contributed by atoms with Crippen molar-refractivity contribution >= 4 is 11.7 Å². The van der Waals surface area contributed by atoms with Gasteiger partial charge in [-0.15, -0.1) is 0 Å². The predicted octanol–water partition coefficient (Wildman–Crippen LogP) is 1.60. The highest BCUT2D eigenvalue weighted by Crippen LogP contribution is 2.08. The number of carbonyl (C=O) groups is 1. The molecule has 3 N–H and O–H groups in total. The Labute approximate surface area is 124 Å². The summed E-state index contributed by atoms with van der Waals surface area (Å²) in [5, 5.41) is 14.4. The fraction of sp³-hybridized carbons (Fsp3) is 0.467. The average molecular weight is 290 g/mol. The zero-order chi connectivity index (χ0) is 15.2. The quantitative estimate of drug-likeness (QED) is 0.756. The van der Waals surface area contributed by atoms with E-state index in [1.165, 1.54) is 0 Å². The lowest BCUT2D eigenvalue weighted by Gasteiger charge is -2.13. The maximum absolute atomic E-state index is 11.8. The summed E-state index contributed by atoms with van der Waals surface area (Å²) < 4.78 is 2.00.